The van der Waals surface area contributed by atoms with Crippen LogP contribution in [0.2, 0.25) is 0 Å². The molecule has 1 aromatic heterocycles. The second-order valence-electron chi connectivity index (χ2n) is 6.28. The molecule has 1 aromatic carbocycles. The quantitative estimate of drug-likeness (QED) is 0.936. The first-order valence-corrected chi connectivity index (χ1v) is 8.28. The van der Waals surface area contributed by atoms with Gasteiger partial charge in [0, 0.05) is 25.2 Å². The van der Waals surface area contributed by atoms with Crippen LogP contribution >= 0.6 is 0 Å². The molecule has 0 amide bonds. The Labute approximate surface area is 126 Å². The molecule has 0 radical (unpaired) electrons. The smallest absolute Gasteiger partial charge is 0.123 e. The first-order valence-electron chi connectivity index (χ1n) is 8.28. The highest BCUT2D eigenvalue weighted by molar-refractivity contribution is 5.75. The first kappa shape index (κ1) is 13.3. The van der Waals surface area contributed by atoms with Crippen molar-refractivity contribution >= 4 is 11.0 Å². The maximum absolute atomic E-state index is 4.82. The van der Waals surface area contributed by atoms with Crippen LogP contribution < -0.4 is 5.32 Å². The van der Waals surface area contributed by atoms with E-state index in [1.54, 1.807) is 0 Å². The summed E-state index contributed by atoms with van der Waals surface area (Å²) in [4.78, 5) is 7.47. The van der Waals surface area contributed by atoms with Gasteiger partial charge in [-0.2, -0.15) is 0 Å². The van der Waals surface area contributed by atoms with Crippen LogP contribution in [0.25, 0.3) is 11.0 Å². The molecule has 0 aliphatic carbocycles. The summed E-state index contributed by atoms with van der Waals surface area (Å²) in [6.45, 7) is 6.64. The molecule has 0 bridgehead atoms. The van der Waals surface area contributed by atoms with Gasteiger partial charge in [0.05, 0.1) is 17.6 Å². The van der Waals surface area contributed by atoms with Crippen molar-refractivity contribution < 1.29 is 0 Å². The van der Waals surface area contributed by atoms with E-state index in [1.165, 1.54) is 43.7 Å². The van der Waals surface area contributed by atoms with Crippen LogP contribution in [-0.2, 0) is 13.1 Å². The Bertz CT molecular complexity index is 633. The standard InChI is InChI=1S/C17H24N4/c1-2-21-16-7-4-3-6-14(16)19-17(21)12-18-13-9-11-20-10-5-8-15(13)20/h3-4,6-7,13,15,18H,2,5,8-12H2,1H3. The lowest BCUT2D eigenvalue weighted by atomic mass is 10.1. The first-order chi connectivity index (χ1) is 10.4. The van der Waals surface area contributed by atoms with Gasteiger partial charge in [-0.3, -0.25) is 4.90 Å². The molecule has 4 rings (SSSR count). The Morgan fingerprint density at radius 2 is 2.14 bits per heavy atom. The number of nitrogens with zero attached hydrogens (tertiary/aromatic N) is 3. The van der Waals surface area contributed by atoms with Gasteiger partial charge in [0.15, 0.2) is 0 Å². The van der Waals surface area contributed by atoms with Gasteiger partial charge in [0.2, 0.25) is 0 Å². The third-order valence-electron chi connectivity index (χ3n) is 5.18. The normalized spacial score (nSPS) is 25.8. The van der Waals surface area contributed by atoms with Gasteiger partial charge in [-0.05, 0) is 44.9 Å². The van der Waals surface area contributed by atoms with E-state index in [1.807, 2.05) is 0 Å². The summed E-state index contributed by atoms with van der Waals surface area (Å²) in [5.41, 5.74) is 2.37. The number of imidazole rings is 1. The van der Waals surface area contributed by atoms with Crippen molar-refractivity contribution in [3.05, 3.63) is 30.1 Å². The summed E-state index contributed by atoms with van der Waals surface area (Å²) < 4.78 is 2.34. The SMILES string of the molecule is CCn1c(CNC2CCN3CCCC23)nc2ccccc21. The van der Waals surface area contributed by atoms with Crippen molar-refractivity contribution in [2.45, 2.75) is 51.4 Å². The third kappa shape index (κ3) is 2.27. The lowest BCUT2D eigenvalue weighted by molar-refractivity contribution is 0.297. The van der Waals surface area contributed by atoms with Crippen LogP contribution in [0.4, 0.5) is 0 Å². The molecule has 0 spiro atoms. The molecule has 2 atom stereocenters. The van der Waals surface area contributed by atoms with Crippen molar-refractivity contribution in [3.63, 3.8) is 0 Å². The number of para-hydroxylation sites is 2. The molecule has 3 heterocycles. The average molecular weight is 284 g/mol. The van der Waals surface area contributed by atoms with Crippen LogP contribution in [0.1, 0.15) is 32.0 Å². The predicted molar refractivity (Wildman–Crippen MR) is 85.2 cm³/mol. The minimum absolute atomic E-state index is 0.651. The van der Waals surface area contributed by atoms with Crippen LogP contribution in [0.3, 0.4) is 0 Å². The molecule has 2 fully saturated rings. The summed E-state index contributed by atoms with van der Waals surface area (Å²) in [5.74, 6) is 1.18. The Hall–Kier alpha value is -1.39. The summed E-state index contributed by atoms with van der Waals surface area (Å²) in [6.07, 6.45) is 4.02. The van der Waals surface area contributed by atoms with Crippen LogP contribution in [0.15, 0.2) is 24.3 Å². The highest BCUT2D eigenvalue weighted by Gasteiger charge is 2.36. The molecule has 2 aliphatic rings. The zero-order valence-corrected chi connectivity index (χ0v) is 12.8. The molecule has 4 heteroatoms. The second-order valence-corrected chi connectivity index (χ2v) is 6.28. The van der Waals surface area contributed by atoms with Crippen molar-refractivity contribution in [1.82, 2.24) is 19.8 Å². The van der Waals surface area contributed by atoms with Gasteiger partial charge >= 0.3 is 0 Å². The molecule has 2 aliphatic heterocycles. The van der Waals surface area contributed by atoms with Crippen molar-refractivity contribution in [2.24, 2.45) is 0 Å². The Morgan fingerprint density at radius 1 is 1.24 bits per heavy atom. The summed E-state index contributed by atoms with van der Waals surface area (Å²) in [6, 6.07) is 9.87. The highest BCUT2D eigenvalue weighted by atomic mass is 15.2. The number of benzene rings is 1. The van der Waals surface area contributed by atoms with E-state index in [0.29, 0.717) is 6.04 Å². The van der Waals surface area contributed by atoms with E-state index in [9.17, 15) is 0 Å². The van der Waals surface area contributed by atoms with Gasteiger partial charge in [-0.25, -0.2) is 4.98 Å². The van der Waals surface area contributed by atoms with Crippen LogP contribution in [0.5, 0.6) is 0 Å². The summed E-state index contributed by atoms with van der Waals surface area (Å²) in [5, 5.41) is 3.78. The molecule has 1 N–H and O–H groups in total. The number of fused-ring (bicyclic) bond motifs is 2. The largest absolute Gasteiger partial charge is 0.327 e. The minimum atomic E-state index is 0.651. The van der Waals surface area contributed by atoms with Crippen molar-refractivity contribution in [2.75, 3.05) is 13.1 Å². The van der Waals surface area contributed by atoms with E-state index in [2.05, 4.69) is 46.0 Å². The lowest BCUT2D eigenvalue weighted by Gasteiger charge is -2.21. The van der Waals surface area contributed by atoms with Gasteiger partial charge < -0.3 is 9.88 Å². The summed E-state index contributed by atoms with van der Waals surface area (Å²) in [7, 11) is 0. The Kier molecular flexibility index (Phi) is 3.43. The van der Waals surface area contributed by atoms with E-state index < -0.39 is 0 Å². The number of aryl methyl sites for hydroxylation is 1. The van der Waals surface area contributed by atoms with Crippen LogP contribution in [0, 0.1) is 0 Å². The topological polar surface area (TPSA) is 33.1 Å². The second kappa shape index (κ2) is 5.43. The van der Waals surface area contributed by atoms with E-state index in [-0.39, 0.29) is 0 Å². The van der Waals surface area contributed by atoms with Gasteiger partial charge in [-0.1, -0.05) is 12.1 Å². The van der Waals surface area contributed by atoms with Gasteiger partial charge in [-0.15, -0.1) is 0 Å². The third-order valence-corrected chi connectivity index (χ3v) is 5.18. The maximum atomic E-state index is 4.82. The molecular weight excluding hydrogens is 260 g/mol. The number of rotatable bonds is 4. The van der Waals surface area contributed by atoms with Gasteiger partial charge in [0.25, 0.3) is 0 Å². The fourth-order valence-electron chi connectivity index (χ4n) is 4.16. The Morgan fingerprint density at radius 3 is 3.05 bits per heavy atom. The fraction of sp³-hybridized carbons (Fsp3) is 0.588. The zero-order chi connectivity index (χ0) is 14.2. The fourth-order valence-corrected chi connectivity index (χ4v) is 4.16. The van der Waals surface area contributed by atoms with Crippen LogP contribution in [-0.4, -0.2) is 39.6 Å². The minimum Gasteiger partial charge on any atom is -0.327 e. The van der Waals surface area contributed by atoms with E-state index in [4.69, 9.17) is 4.98 Å². The zero-order valence-electron chi connectivity index (χ0n) is 12.8. The van der Waals surface area contributed by atoms with Crippen molar-refractivity contribution in [3.8, 4) is 0 Å². The Balaban J connectivity index is 1.52. The monoisotopic (exact) mass is 284 g/mol. The number of nitrogens with one attached hydrogen (secondary N) is 1. The van der Waals surface area contributed by atoms with Crippen molar-refractivity contribution in [1.29, 1.82) is 0 Å². The van der Waals surface area contributed by atoms with Gasteiger partial charge in [0.1, 0.15) is 5.82 Å². The molecular formula is C17H24N4. The van der Waals surface area contributed by atoms with E-state index >= 15 is 0 Å². The molecule has 21 heavy (non-hydrogen) atoms. The molecule has 2 aromatic rings. The number of hydrogen-bond acceptors (Lipinski definition) is 3. The predicted octanol–water partition coefficient (Wildman–Crippen LogP) is 2.38. The summed E-state index contributed by atoms with van der Waals surface area (Å²) >= 11 is 0. The molecule has 4 nitrogen and oxygen atoms in total. The molecule has 0 saturated carbocycles. The van der Waals surface area contributed by atoms with E-state index in [0.717, 1.165) is 24.6 Å². The lowest BCUT2D eigenvalue weighted by Crippen LogP contribution is -2.39. The maximum Gasteiger partial charge on any atom is 0.123 e. The molecule has 2 unspecified atom stereocenters. The highest BCUT2D eigenvalue weighted by Crippen LogP contribution is 2.28. The average Bonchev–Trinajstić information content (AvgIpc) is 3.18. The molecule has 2 saturated heterocycles. The number of aromatic nitrogens is 2. The number of hydrogen-bond donors (Lipinski definition) is 1. The molecule has 112 valence electrons.